The molecule has 26 heavy (non-hydrogen) atoms. The lowest BCUT2D eigenvalue weighted by Crippen LogP contribution is -2.44. The van der Waals surface area contributed by atoms with Crippen LogP contribution in [0.1, 0.15) is 5.82 Å². The first-order valence-electron chi connectivity index (χ1n) is 8.55. The van der Waals surface area contributed by atoms with Gasteiger partial charge in [-0.15, -0.1) is 0 Å². The molecule has 7 nitrogen and oxygen atoms in total. The molecule has 0 spiro atoms. The van der Waals surface area contributed by atoms with Gasteiger partial charge in [0.2, 0.25) is 5.91 Å². The Morgan fingerprint density at radius 3 is 2.62 bits per heavy atom. The van der Waals surface area contributed by atoms with Crippen molar-refractivity contribution in [3.8, 4) is 0 Å². The summed E-state index contributed by atoms with van der Waals surface area (Å²) in [6.45, 7) is 5.89. The number of hydrogen-bond donors (Lipinski definition) is 2. The molecule has 1 amide bonds. The van der Waals surface area contributed by atoms with E-state index in [0.717, 1.165) is 55.0 Å². The van der Waals surface area contributed by atoms with E-state index in [9.17, 15) is 4.79 Å². The van der Waals surface area contributed by atoms with Gasteiger partial charge < -0.3 is 20.4 Å². The fourth-order valence-electron chi connectivity index (χ4n) is 2.83. The number of nitrogens with one attached hydrogen (secondary N) is 2. The molecular weight excluding hydrogens is 443 g/mol. The second-order valence-electron chi connectivity index (χ2n) is 6.34. The van der Waals surface area contributed by atoms with Crippen LogP contribution >= 0.6 is 22.6 Å². The quantitative estimate of drug-likeness (QED) is 0.522. The van der Waals surface area contributed by atoms with Crippen molar-refractivity contribution in [1.29, 1.82) is 0 Å². The molecule has 2 N–H and O–H groups in total. The molecule has 0 unspecified atom stereocenters. The number of alkyl halides is 1. The highest BCUT2D eigenvalue weighted by Crippen LogP contribution is 2.22. The van der Waals surface area contributed by atoms with Gasteiger partial charge in [0.25, 0.3) is 0 Å². The Bertz CT molecular complexity index is 776. The smallest absolute Gasteiger partial charge is 0.234 e. The summed E-state index contributed by atoms with van der Waals surface area (Å²) in [6, 6.07) is 9.61. The van der Waals surface area contributed by atoms with Crippen LogP contribution in [0.2, 0.25) is 0 Å². The van der Waals surface area contributed by atoms with E-state index in [4.69, 9.17) is 0 Å². The van der Waals surface area contributed by atoms with E-state index in [2.05, 4.69) is 37.4 Å². The molecule has 1 fully saturated rings. The summed E-state index contributed by atoms with van der Waals surface area (Å²) >= 11 is 2.04. The van der Waals surface area contributed by atoms with Crippen LogP contribution in [0, 0.1) is 6.92 Å². The van der Waals surface area contributed by atoms with Crippen molar-refractivity contribution in [2.24, 2.45) is 0 Å². The monoisotopic (exact) mass is 466 g/mol. The Labute approximate surface area is 167 Å². The summed E-state index contributed by atoms with van der Waals surface area (Å²) in [7, 11) is 2.14. The number of hydrogen-bond acceptors (Lipinski definition) is 6. The van der Waals surface area contributed by atoms with Crippen molar-refractivity contribution in [2.75, 3.05) is 53.2 Å². The van der Waals surface area contributed by atoms with Crippen LogP contribution in [0.5, 0.6) is 0 Å². The van der Waals surface area contributed by atoms with Crippen LogP contribution in [0.4, 0.5) is 23.0 Å². The van der Waals surface area contributed by atoms with Crippen LogP contribution in [0.3, 0.4) is 0 Å². The molecule has 1 saturated heterocycles. The first-order chi connectivity index (χ1) is 12.5. The maximum atomic E-state index is 11.6. The average Bonchev–Trinajstić information content (AvgIpc) is 2.62. The number of aryl methyl sites for hydroxylation is 1. The fraction of sp³-hybridized carbons (Fsp3) is 0.389. The van der Waals surface area contributed by atoms with E-state index in [1.54, 1.807) is 0 Å². The van der Waals surface area contributed by atoms with Crippen molar-refractivity contribution in [3.05, 3.63) is 36.2 Å². The normalized spacial score (nSPS) is 15.0. The Hall–Kier alpha value is -1.94. The number of nitrogens with zero attached hydrogens (tertiary/aromatic N) is 4. The molecule has 0 atom stereocenters. The van der Waals surface area contributed by atoms with Gasteiger partial charge >= 0.3 is 0 Å². The van der Waals surface area contributed by atoms with Gasteiger partial charge in [0, 0.05) is 43.6 Å². The lowest BCUT2D eigenvalue weighted by Gasteiger charge is -2.33. The highest BCUT2D eigenvalue weighted by atomic mass is 127. The van der Waals surface area contributed by atoms with E-state index in [0.29, 0.717) is 4.43 Å². The minimum Gasteiger partial charge on any atom is -0.354 e. The van der Waals surface area contributed by atoms with Gasteiger partial charge in [-0.3, -0.25) is 4.79 Å². The molecule has 0 radical (unpaired) electrons. The number of carbonyl (C=O) groups is 1. The molecular formula is C18H23IN6O. The second kappa shape index (κ2) is 8.63. The van der Waals surface area contributed by atoms with E-state index < -0.39 is 0 Å². The number of piperazine rings is 1. The maximum absolute atomic E-state index is 11.6. The number of aromatic nitrogens is 2. The van der Waals surface area contributed by atoms with Gasteiger partial charge in [0.1, 0.15) is 17.5 Å². The lowest BCUT2D eigenvalue weighted by atomic mass is 10.2. The SMILES string of the molecule is Cc1nc(Nc2cccc(NC(=O)CI)c2)cc(N2CCN(C)CC2)n1. The van der Waals surface area contributed by atoms with E-state index in [1.807, 2.05) is 59.8 Å². The lowest BCUT2D eigenvalue weighted by molar-refractivity contribution is -0.113. The van der Waals surface area contributed by atoms with E-state index in [-0.39, 0.29) is 5.91 Å². The highest BCUT2D eigenvalue weighted by Gasteiger charge is 2.16. The molecule has 1 aliphatic heterocycles. The minimum absolute atomic E-state index is 0.0158. The van der Waals surface area contributed by atoms with Gasteiger partial charge in [-0.2, -0.15) is 0 Å². The molecule has 1 aliphatic rings. The van der Waals surface area contributed by atoms with E-state index in [1.165, 1.54) is 0 Å². The van der Waals surface area contributed by atoms with Gasteiger partial charge in [-0.25, -0.2) is 9.97 Å². The topological polar surface area (TPSA) is 73.4 Å². The zero-order valence-corrected chi connectivity index (χ0v) is 17.2. The Balaban J connectivity index is 1.75. The summed E-state index contributed by atoms with van der Waals surface area (Å²) in [6.07, 6.45) is 0. The molecule has 2 heterocycles. The first-order valence-corrected chi connectivity index (χ1v) is 10.1. The molecule has 2 aromatic rings. The average molecular weight is 466 g/mol. The van der Waals surface area contributed by atoms with Gasteiger partial charge in [0.15, 0.2) is 0 Å². The third-order valence-electron chi connectivity index (χ3n) is 4.19. The minimum atomic E-state index is -0.0158. The third kappa shape index (κ3) is 5.04. The zero-order chi connectivity index (χ0) is 18.5. The van der Waals surface area contributed by atoms with E-state index >= 15 is 0 Å². The van der Waals surface area contributed by atoms with Crippen LogP contribution in [0.15, 0.2) is 30.3 Å². The number of benzene rings is 1. The molecule has 0 aliphatic carbocycles. The number of rotatable bonds is 5. The number of halogens is 1. The van der Waals surface area contributed by atoms with Crippen LogP contribution < -0.4 is 15.5 Å². The summed E-state index contributed by atoms with van der Waals surface area (Å²) in [4.78, 5) is 25.3. The van der Waals surface area contributed by atoms with Gasteiger partial charge in [-0.05, 0) is 32.2 Å². The number of likely N-dealkylation sites (N-methyl/N-ethyl adjacent to an activating group) is 1. The van der Waals surface area contributed by atoms with Crippen molar-refractivity contribution >= 4 is 51.5 Å². The largest absolute Gasteiger partial charge is 0.354 e. The van der Waals surface area contributed by atoms with Crippen molar-refractivity contribution in [2.45, 2.75) is 6.92 Å². The molecule has 3 rings (SSSR count). The zero-order valence-electron chi connectivity index (χ0n) is 15.0. The number of carbonyl (C=O) groups excluding carboxylic acids is 1. The molecule has 1 aromatic carbocycles. The van der Waals surface area contributed by atoms with Gasteiger partial charge in [0.05, 0.1) is 4.43 Å². The molecule has 138 valence electrons. The maximum Gasteiger partial charge on any atom is 0.234 e. The van der Waals surface area contributed by atoms with Crippen LogP contribution in [-0.4, -0.2) is 58.4 Å². The van der Waals surface area contributed by atoms with Crippen molar-refractivity contribution in [3.63, 3.8) is 0 Å². The second-order valence-corrected chi connectivity index (χ2v) is 7.10. The predicted octanol–water partition coefficient (Wildman–Crippen LogP) is 2.65. The first kappa shape index (κ1) is 18.8. The van der Waals surface area contributed by atoms with Crippen molar-refractivity contribution < 1.29 is 4.79 Å². The summed E-state index contributed by atoms with van der Waals surface area (Å²) in [5, 5.41) is 6.19. The summed E-state index contributed by atoms with van der Waals surface area (Å²) in [5.74, 6) is 2.42. The molecule has 0 saturated carbocycles. The van der Waals surface area contributed by atoms with Gasteiger partial charge in [-0.1, -0.05) is 28.7 Å². The molecule has 8 heteroatoms. The third-order valence-corrected chi connectivity index (χ3v) is 4.88. The van der Waals surface area contributed by atoms with Crippen LogP contribution in [0.25, 0.3) is 0 Å². The standard InChI is InChI=1S/C18H23IN6O/c1-13-20-16(11-17(21-13)25-8-6-24(2)7-9-25)22-14-4-3-5-15(10-14)23-18(26)12-19/h3-5,10-11H,6-9,12H2,1-2H3,(H,23,26)(H,20,21,22). The predicted molar refractivity (Wildman–Crippen MR) is 114 cm³/mol. The summed E-state index contributed by atoms with van der Waals surface area (Å²) in [5.41, 5.74) is 1.64. The Morgan fingerprint density at radius 2 is 1.88 bits per heavy atom. The van der Waals surface area contributed by atoms with Crippen LogP contribution in [-0.2, 0) is 4.79 Å². The molecule has 0 bridgehead atoms. The highest BCUT2D eigenvalue weighted by molar-refractivity contribution is 14.1. The number of anilines is 4. The number of amides is 1. The Morgan fingerprint density at radius 1 is 1.15 bits per heavy atom. The Kier molecular flexibility index (Phi) is 6.25. The molecule has 1 aromatic heterocycles. The fourth-order valence-corrected chi connectivity index (χ4v) is 3.02. The summed E-state index contributed by atoms with van der Waals surface area (Å²) < 4.78 is 0.426. The van der Waals surface area contributed by atoms with Crippen molar-refractivity contribution in [1.82, 2.24) is 14.9 Å².